The Morgan fingerprint density at radius 1 is 0.909 bits per heavy atom. The van der Waals surface area contributed by atoms with E-state index in [4.69, 9.17) is 28.2 Å². The molecule has 0 aliphatic carbocycles. The van der Waals surface area contributed by atoms with E-state index in [0.29, 0.717) is 25.2 Å². The normalized spacial score (nSPS) is 12.8. The molecule has 1 aromatic carbocycles. The summed E-state index contributed by atoms with van der Waals surface area (Å²) < 4.78 is 49.8. The van der Waals surface area contributed by atoms with Crippen molar-refractivity contribution in [3.05, 3.63) is 66.2 Å². The molecule has 0 amide bonds. The van der Waals surface area contributed by atoms with Crippen LogP contribution in [0.4, 0.5) is 5.69 Å². The molecule has 298 valence electrons. The zero-order chi connectivity index (χ0) is 39.5. The van der Waals surface area contributed by atoms with Gasteiger partial charge < -0.3 is 37.9 Å². The molecule has 4 aromatic rings. The molecular formula is C35H45N6O13P. The van der Waals surface area contributed by atoms with E-state index in [1.54, 1.807) is 10.9 Å². The number of esters is 2. The molecule has 55 heavy (non-hydrogen) atoms. The Balaban J connectivity index is 1.00. The highest BCUT2D eigenvalue weighted by Crippen LogP contribution is 2.43. The highest BCUT2D eigenvalue weighted by Gasteiger charge is 2.24. The van der Waals surface area contributed by atoms with Crippen molar-refractivity contribution in [1.82, 2.24) is 24.4 Å². The van der Waals surface area contributed by atoms with Gasteiger partial charge in [-0.15, -0.1) is 5.10 Å². The van der Waals surface area contributed by atoms with Gasteiger partial charge in [0.15, 0.2) is 6.10 Å². The van der Waals surface area contributed by atoms with Crippen molar-refractivity contribution in [1.29, 1.82) is 0 Å². The van der Waals surface area contributed by atoms with E-state index in [2.05, 4.69) is 62.1 Å². The minimum Gasteiger partial charge on any atom is -0.464 e. The number of phosphoric ester groups is 1. The zero-order valence-electron chi connectivity index (χ0n) is 30.6. The fourth-order valence-corrected chi connectivity index (χ4v) is 5.71. The Hall–Kier alpha value is -5.20. The number of pyridine rings is 1. The van der Waals surface area contributed by atoms with Crippen LogP contribution in [0, 0.1) is 6.92 Å². The van der Waals surface area contributed by atoms with Crippen molar-refractivity contribution in [2.45, 2.75) is 51.9 Å². The van der Waals surface area contributed by atoms with Crippen LogP contribution in [0.15, 0.2) is 55.0 Å². The largest absolute Gasteiger partial charge is 0.472 e. The highest BCUT2D eigenvalue weighted by atomic mass is 31.2. The van der Waals surface area contributed by atoms with Gasteiger partial charge in [-0.2, -0.15) is 0 Å². The number of fused-ring (bicyclic) bond motifs is 1. The molecule has 20 heteroatoms. The summed E-state index contributed by atoms with van der Waals surface area (Å²) in [6, 6.07) is 12.3. The molecule has 0 fully saturated rings. The number of aromatic nitrogens is 5. The number of phosphoric acid groups is 1. The predicted octanol–water partition coefficient (Wildman–Crippen LogP) is 3.05. The van der Waals surface area contributed by atoms with E-state index in [0.717, 1.165) is 22.6 Å². The predicted molar refractivity (Wildman–Crippen MR) is 193 cm³/mol. The molecule has 1 N–H and O–H groups in total. The van der Waals surface area contributed by atoms with Crippen LogP contribution >= 0.6 is 7.82 Å². The second-order valence-corrected chi connectivity index (χ2v) is 13.6. The lowest BCUT2D eigenvalue weighted by Gasteiger charge is -2.19. The number of carbonyl (C=O) groups is 4. The van der Waals surface area contributed by atoms with Crippen LogP contribution in [-0.4, -0.2) is 113 Å². The van der Waals surface area contributed by atoms with E-state index < -0.39 is 32.5 Å². The van der Waals surface area contributed by atoms with Gasteiger partial charge in [0, 0.05) is 56.7 Å². The minimum atomic E-state index is -4.51. The summed E-state index contributed by atoms with van der Waals surface area (Å²) in [7, 11) is -2.51. The smallest absolute Gasteiger partial charge is 0.464 e. The molecular weight excluding hydrogens is 743 g/mol. The van der Waals surface area contributed by atoms with Crippen LogP contribution in [0.25, 0.3) is 16.9 Å². The van der Waals surface area contributed by atoms with Crippen LogP contribution < -0.4 is 4.90 Å². The second kappa shape index (κ2) is 22.2. The Morgan fingerprint density at radius 3 is 2.44 bits per heavy atom. The van der Waals surface area contributed by atoms with Gasteiger partial charge in [0.05, 0.1) is 38.3 Å². The van der Waals surface area contributed by atoms with Crippen LogP contribution in [0.3, 0.4) is 0 Å². The summed E-state index contributed by atoms with van der Waals surface area (Å²) >= 11 is 0. The molecule has 2 atom stereocenters. The molecule has 4 rings (SSSR count). The lowest BCUT2D eigenvalue weighted by Crippen LogP contribution is -2.24. The first kappa shape index (κ1) is 42.5. The average Bonchev–Trinajstić information content (AvgIpc) is 3.82. The molecule has 19 nitrogen and oxygen atoms in total. The number of likely N-dealkylation sites (N-methyl/N-ethyl adjacent to an activating group) is 1. The third kappa shape index (κ3) is 15.2. The molecule has 0 aliphatic rings. The Labute approximate surface area is 317 Å². The number of hydrogen-bond donors (Lipinski definition) is 1. The van der Waals surface area contributed by atoms with E-state index in [9.17, 15) is 28.6 Å². The van der Waals surface area contributed by atoms with Crippen molar-refractivity contribution >= 4 is 44.0 Å². The standard InChI is InChI=1S/C35H45N6O13P/c1-27-7-12-33-36-32(21-40(33)19-27)28-8-10-30(11-9-28)39(2)13-14-41-20-29(37-38-41)22-51-35(45)5-3-15-48-17-18-50-34(44)6-4-16-53-55(46,47)54-24-31(52-26-43)23-49-25-42/h7-12,19-21,25-26,31H,3-6,13-18,22-24H2,1-2H3,(H,46,47). The molecule has 3 heterocycles. The number of rotatable bonds is 27. The molecule has 0 spiro atoms. The average molecular weight is 789 g/mol. The minimum absolute atomic E-state index is 0.00176. The summed E-state index contributed by atoms with van der Waals surface area (Å²) in [5, 5.41) is 8.23. The summed E-state index contributed by atoms with van der Waals surface area (Å²) in [5.74, 6) is -0.979. The number of benzene rings is 1. The third-order valence-corrected chi connectivity index (χ3v) is 8.78. The van der Waals surface area contributed by atoms with Gasteiger partial charge in [-0.05, 0) is 43.5 Å². The van der Waals surface area contributed by atoms with Crippen LogP contribution in [0.5, 0.6) is 0 Å². The van der Waals surface area contributed by atoms with Crippen molar-refractivity contribution in [2.75, 3.05) is 58.1 Å². The van der Waals surface area contributed by atoms with Crippen molar-refractivity contribution in [3.63, 3.8) is 0 Å². The van der Waals surface area contributed by atoms with Gasteiger partial charge in [0.25, 0.3) is 12.9 Å². The first-order chi connectivity index (χ1) is 26.5. The highest BCUT2D eigenvalue weighted by molar-refractivity contribution is 7.47. The van der Waals surface area contributed by atoms with E-state index in [-0.39, 0.29) is 71.8 Å². The molecule has 0 radical (unpaired) electrons. The van der Waals surface area contributed by atoms with E-state index >= 15 is 0 Å². The fourth-order valence-electron chi connectivity index (χ4n) is 4.92. The summed E-state index contributed by atoms with van der Waals surface area (Å²) in [6.45, 7) is 2.62. The Morgan fingerprint density at radius 2 is 1.67 bits per heavy atom. The van der Waals surface area contributed by atoms with E-state index in [1.165, 1.54) is 5.56 Å². The fraction of sp³-hybridized carbons (Fsp3) is 0.457. The second-order valence-electron chi connectivity index (χ2n) is 12.1. The van der Waals surface area contributed by atoms with Crippen molar-refractivity contribution in [3.8, 4) is 11.3 Å². The van der Waals surface area contributed by atoms with Gasteiger partial charge in [0.2, 0.25) is 0 Å². The monoisotopic (exact) mass is 788 g/mol. The molecule has 0 aliphatic heterocycles. The van der Waals surface area contributed by atoms with Crippen LogP contribution in [-0.2, 0) is 69.6 Å². The lowest BCUT2D eigenvalue weighted by molar-refractivity contribution is -0.145. The van der Waals surface area contributed by atoms with Crippen LogP contribution in [0.2, 0.25) is 0 Å². The maximum atomic E-state index is 12.2. The Bertz CT molecular complexity index is 1870. The van der Waals surface area contributed by atoms with Crippen LogP contribution in [0.1, 0.15) is 36.9 Å². The summed E-state index contributed by atoms with van der Waals surface area (Å²) in [6.07, 6.45) is 5.22. The maximum absolute atomic E-state index is 12.2. The molecule has 0 saturated heterocycles. The molecule has 0 saturated carbocycles. The Kier molecular flexibility index (Phi) is 17.2. The number of ether oxygens (including phenoxy) is 5. The molecule has 0 bridgehead atoms. The number of carbonyl (C=O) groups excluding carboxylic acids is 4. The molecule has 2 unspecified atom stereocenters. The summed E-state index contributed by atoms with van der Waals surface area (Å²) in [4.78, 5) is 61.2. The first-order valence-electron chi connectivity index (χ1n) is 17.4. The van der Waals surface area contributed by atoms with Gasteiger partial charge in [-0.3, -0.25) is 32.9 Å². The van der Waals surface area contributed by atoms with Gasteiger partial charge in [0.1, 0.15) is 31.2 Å². The number of hydrogen-bond acceptors (Lipinski definition) is 16. The van der Waals surface area contributed by atoms with Gasteiger partial charge >= 0.3 is 19.8 Å². The van der Waals surface area contributed by atoms with Gasteiger partial charge in [-0.25, -0.2) is 9.55 Å². The maximum Gasteiger partial charge on any atom is 0.472 e. The van der Waals surface area contributed by atoms with Crippen molar-refractivity contribution in [2.24, 2.45) is 0 Å². The number of imidazole rings is 1. The van der Waals surface area contributed by atoms with Crippen molar-refractivity contribution < 1.29 is 61.4 Å². The molecule has 3 aromatic heterocycles. The van der Waals surface area contributed by atoms with Gasteiger partial charge in [-0.1, -0.05) is 23.4 Å². The third-order valence-electron chi connectivity index (χ3n) is 7.80. The number of anilines is 1. The quantitative estimate of drug-likeness (QED) is 0.0302. The number of nitrogens with zero attached hydrogens (tertiary/aromatic N) is 6. The van der Waals surface area contributed by atoms with E-state index in [1.807, 2.05) is 29.8 Å². The topological polar surface area (TPSA) is 221 Å². The number of aryl methyl sites for hydroxylation is 1. The lowest BCUT2D eigenvalue weighted by atomic mass is 10.1. The summed E-state index contributed by atoms with van der Waals surface area (Å²) in [5.41, 5.74) is 5.60. The zero-order valence-corrected chi connectivity index (χ0v) is 31.5. The SMILES string of the molecule is Cc1ccc2nc(-c3ccc(N(C)CCn4cc(COC(=O)CCCOCCOC(=O)CCCOP(=O)(O)OCC(COC=O)OC=O)nn4)cc3)cn2c1. The first-order valence-corrected chi connectivity index (χ1v) is 18.9.